The molecule has 0 aliphatic carbocycles. The Morgan fingerprint density at radius 2 is 1.60 bits per heavy atom. The fourth-order valence-electron chi connectivity index (χ4n) is 0.382. The van der Waals surface area contributed by atoms with E-state index in [2.05, 4.69) is 0 Å². The average Bonchev–Trinajstić information content (AvgIpc) is 1.84. The van der Waals surface area contributed by atoms with E-state index in [0.29, 0.717) is 4.90 Å². The van der Waals surface area contributed by atoms with E-state index >= 15 is 0 Å². The first-order chi connectivity index (χ1) is 4.46. The summed E-state index contributed by atoms with van der Waals surface area (Å²) in [6.07, 6.45) is -1.25. The van der Waals surface area contributed by atoms with Crippen molar-refractivity contribution in [2.45, 2.75) is 0 Å². The summed E-state index contributed by atoms with van der Waals surface area (Å²) >= 11 is 0. The van der Waals surface area contributed by atoms with Crippen LogP contribution in [-0.4, -0.2) is 48.2 Å². The second-order valence-corrected chi connectivity index (χ2v) is 2.02. The van der Waals surface area contributed by atoms with Crippen LogP contribution in [0.5, 0.6) is 0 Å². The van der Waals surface area contributed by atoms with Gasteiger partial charge in [0.1, 0.15) is 0 Å². The molecule has 1 N–H and O–H groups in total. The van der Waals surface area contributed by atoms with E-state index in [1.54, 1.807) is 0 Å². The highest BCUT2D eigenvalue weighted by molar-refractivity contribution is 5.89. The molecular formula is C5H10N2O3. The van der Waals surface area contributed by atoms with Crippen LogP contribution in [0.2, 0.25) is 0 Å². The molecule has 0 aromatic carbocycles. The van der Waals surface area contributed by atoms with Gasteiger partial charge in [0.2, 0.25) is 0 Å². The first-order valence-corrected chi connectivity index (χ1v) is 2.64. The van der Waals surface area contributed by atoms with Crippen LogP contribution < -0.4 is 0 Å². The van der Waals surface area contributed by atoms with Crippen molar-refractivity contribution in [2.24, 2.45) is 0 Å². The maximum Gasteiger partial charge on any atom is 0.415 e. The molecule has 0 rings (SSSR count). The molecule has 0 unspecified atom stereocenters. The molecule has 3 amide bonds. The zero-order chi connectivity index (χ0) is 8.31. The number of carboxylic acid groups (broad SMARTS) is 1. The Kier molecular flexibility index (Phi) is 2.66. The molecule has 0 aliphatic rings. The predicted octanol–water partition coefficient (Wildman–Crippen LogP) is 0.278. The van der Waals surface area contributed by atoms with Crippen LogP contribution in [0.4, 0.5) is 9.59 Å². The van der Waals surface area contributed by atoms with E-state index in [0.717, 1.165) is 0 Å². The summed E-state index contributed by atoms with van der Waals surface area (Å²) in [5, 5.41) is 8.28. The molecule has 0 atom stereocenters. The minimum atomic E-state index is -1.25. The number of hydrogen-bond acceptors (Lipinski definition) is 2. The molecule has 5 nitrogen and oxygen atoms in total. The molecule has 0 fully saturated rings. The van der Waals surface area contributed by atoms with Crippen molar-refractivity contribution >= 4 is 12.1 Å². The number of nitrogens with zero attached hydrogens (tertiary/aromatic N) is 2. The molecule has 0 aromatic rings. The fourth-order valence-corrected chi connectivity index (χ4v) is 0.382. The van der Waals surface area contributed by atoms with Crippen molar-refractivity contribution in [3.63, 3.8) is 0 Å². The molecule has 0 saturated carbocycles. The number of amides is 3. The lowest BCUT2D eigenvalue weighted by molar-refractivity contribution is 0.146. The van der Waals surface area contributed by atoms with Gasteiger partial charge in [-0.1, -0.05) is 0 Å². The number of imide groups is 1. The van der Waals surface area contributed by atoms with Gasteiger partial charge in [-0.25, -0.2) is 14.5 Å². The number of carbonyl (C=O) groups excluding carboxylic acids is 1. The summed E-state index contributed by atoms with van der Waals surface area (Å²) in [4.78, 5) is 22.7. The van der Waals surface area contributed by atoms with Gasteiger partial charge >= 0.3 is 12.1 Å². The lowest BCUT2D eigenvalue weighted by Gasteiger charge is -2.16. The molecule has 0 heterocycles. The average molecular weight is 146 g/mol. The van der Waals surface area contributed by atoms with Gasteiger partial charge in [-0.3, -0.25) is 0 Å². The van der Waals surface area contributed by atoms with Gasteiger partial charge in [0.15, 0.2) is 0 Å². The fraction of sp³-hybridized carbons (Fsp3) is 0.600. The first-order valence-electron chi connectivity index (χ1n) is 2.64. The van der Waals surface area contributed by atoms with Gasteiger partial charge in [-0.05, 0) is 0 Å². The number of hydrogen-bond donors (Lipinski definition) is 1. The summed E-state index contributed by atoms with van der Waals surface area (Å²) in [7, 11) is 4.17. The Morgan fingerprint density at radius 1 is 1.20 bits per heavy atom. The molecule has 5 heteroatoms. The van der Waals surface area contributed by atoms with E-state index in [-0.39, 0.29) is 0 Å². The minimum absolute atomic E-state index is 0.549. The van der Waals surface area contributed by atoms with Crippen LogP contribution in [0.1, 0.15) is 0 Å². The van der Waals surface area contributed by atoms with Crippen LogP contribution in [0.15, 0.2) is 0 Å². The summed E-state index contributed by atoms with van der Waals surface area (Å²) in [6.45, 7) is 0. The number of carbonyl (C=O) groups is 2. The normalized spacial score (nSPS) is 8.70. The maximum absolute atomic E-state index is 10.8. The Bertz CT molecular complexity index is 155. The predicted molar refractivity (Wildman–Crippen MR) is 34.9 cm³/mol. The minimum Gasteiger partial charge on any atom is -0.465 e. The molecule has 0 aliphatic heterocycles. The smallest absolute Gasteiger partial charge is 0.415 e. The molecule has 10 heavy (non-hydrogen) atoms. The highest BCUT2D eigenvalue weighted by Gasteiger charge is 2.15. The lowest BCUT2D eigenvalue weighted by Crippen LogP contribution is -2.39. The Hall–Kier alpha value is -1.26. The largest absolute Gasteiger partial charge is 0.465 e. The van der Waals surface area contributed by atoms with Crippen LogP contribution >= 0.6 is 0 Å². The van der Waals surface area contributed by atoms with Gasteiger partial charge in [-0.2, -0.15) is 0 Å². The highest BCUT2D eigenvalue weighted by Crippen LogP contribution is 1.89. The van der Waals surface area contributed by atoms with Crippen molar-refractivity contribution in [2.75, 3.05) is 21.1 Å². The second-order valence-electron chi connectivity index (χ2n) is 2.02. The molecule has 0 saturated heterocycles. The zero-order valence-corrected chi connectivity index (χ0v) is 6.16. The standard InChI is InChI=1S/C5H10N2O3/c1-6(2)4(8)7(3)5(9)10/h1-3H3,(H,9,10). The van der Waals surface area contributed by atoms with Gasteiger partial charge in [0, 0.05) is 21.1 Å². The molecular weight excluding hydrogens is 136 g/mol. The van der Waals surface area contributed by atoms with E-state index in [4.69, 9.17) is 5.11 Å². The second kappa shape index (κ2) is 3.05. The third-order valence-corrected chi connectivity index (χ3v) is 0.956. The summed E-state index contributed by atoms with van der Waals surface area (Å²) in [5.41, 5.74) is 0. The van der Waals surface area contributed by atoms with Crippen LogP contribution in [0, 0.1) is 0 Å². The number of urea groups is 1. The zero-order valence-electron chi connectivity index (χ0n) is 6.16. The quantitative estimate of drug-likeness (QED) is 0.533. The summed E-state index contributed by atoms with van der Waals surface area (Å²) < 4.78 is 0. The third kappa shape index (κ3) is 1.93. The Labute approximate surface area is 58.8 Å². The molecule has 58 valence electrons. The topological polar surface area (TPSA) is 60.9 Å². The van der Waals surface area contributed by atoms with E-state index in [9.17, 15) is 9.59 Å². The van der Waals surface area contributed by atoms with Gasteiger partial charge in [-0.15, -0.1) is 0 Å². The summed E-state index contributed by atoms with van der Waals surface area (Å²) in [6, 6.07) is -0.549. The monoisotopic (exact) mass is 146 g/mol. The van der Waals surface area contributed by atoms with Crippen LogP contribution in [0.25, 0.3) is 0 Å². The highest BCUT2D eigenvalue weighted by atomic mass is 16.4. The maximum atomic E-state index is 10.8. The molecule has 0 bridgehead atoms. The Balaban J connectivity index is 4.08. The molecule has 0 radical (unpaired) electrons. The summed E-state index contributed by atoms with van der Waals surface area (Å²) in [5.74, 6) is 0. The van der Waals surface area contributed by atoms with Gasteiger partial charge < -0.3 is 10.0 Å². The molecule has 0 aromatic heterocycles. The van der Waals surface area contributed by atoms with Crippen molar-refractivity contribution in [1.29, 1.82) is 0 Å². The van der Waals surface area contributed by atoms with Crippen molar-refractivity contribution in [3.8, 4) is 0 Å². The Morgan fingerprint density at radius 3 is 1.70 bits per heavy atom. The van der Waals surface area contributed by atoms with Gasteiger partial charge in [0.05, 0.1) is 0 Å². The van der Waals surface area contributed by atoms with E-state index in [1.165, 1.54) is 26.0 Å². The molecule has 0 spiro atoms. The van der Waals surface area contributed by atoms with Crippen molar-refractivity contribution in [3.05, 3.63) is 0 Å². The van der Waals surface area contributed by atoms with E-state index < -0.39 is 12.1 Å². The van der Waals surface area contributed by atoms with Gasteiger partial charge in [0.25, 0.3) is 0 Å². The van der Waals surface area contributed by atoms with Crippen molar-refractivity contribution in [1.82, 2.24) is 9.80 Å². The van der Waals surface area contributed by atoms with E-state index in [1.807, 2.05) is 0 Å². The van der Waals surface area contributed by atoms with Crippen molar-refractivity contribution < 1.29 is 14.7 Å². The van der Waals surface area contributed by atoms with Crippen LogP contribution in [0.3, 0.4) is 0 Å². The lowest BCUT2D eigenvalue weighted by atomic mass is 10.7. The van der Waals surface area contributed by atoms with Crippen LogP contribution in [-0.2, 0) is 0 Å². The number of rotatable bonds is 0. The SMILES string of the molecule is CN(C)C(=O)N(C)C(=O)O. The third-order valence-electron chi connectivity index (χ3n) is 0.956. The first kappa shape index (κ1) is 8.74.